The molecule has 1 aliphatic rings. The minimum Gasteiger partial charge on any atom is -0.410 e. The van der Waals surface area contributed by atoms with Crippen molar-refractivity contribution in [2.24, 2.45) is 0 Å². The molecule has 10 heteroatoms. The van der Waals surface area contributed by atoms with E-state index < -0.39 is 24.6 Å². The zero-order chi connectivity index (χ0) is 18.9. The Bertz CT molecular complexity index is 816. The van der Waals surface area contributed by atoms with Crippen LogP contribution in [-0.2, 0) is 11.3 Å². The standard InChI is InChI=1S/C16H15F4IN2O3/c17-9-5-12-11(7-14(21)23(12)8-16(18,19)20)13(6-9)26-15(24)22-10-1-3-25-4-2-10/h5-7,10H,1-4,8H2,(H,22,24). The molecule has 142 valence electrons. The number of nitrogens with zero attached hydrogens (tertiary/aromatic N) is 1. The number of carbonyl (C=O) groups excluding carboxylic acids is 1. The van der Waals surface area contributed by atoms with Gasteiger partial charge in [-0.2, -0.15) is 13.2 Å². The molecule has 0 saturated carbocycles. The molecule has 2 heterocycles. The van der Waals surface area contributed by atoms with Crippen LogP contribution in [0.25, 0.3) is 10.9 Å². The number of alkyl halides is 3. The van der Waals surface area contributed by atoms with Crippen LogP contribution in [0, 0.1) is 9.52 Å². The van der Waals surface area contributed by atoms with Crippen molar-refractivity contribution in [3.8, 4) is 5.75 Å². The number of benzene rings is 1. The van der Waals surface area contributed by atoms with Gasteiger partial charge < -0.3 is 19.4 Å². The number of amides is 1. The molecule has 0 radical (unpaired) electrons. The lowest BCUT2D eigenvalue weighted by Gasteiger charge is -2.22. The van der Waals surface area contributed by atoms with Crippen LogP contribution < -0.4 is 10.1 Å². The highest BCUT2D eigenvalue weighted by atomic mass is 127. The number of nitrogens with one attached hydrogen (secondary N) is 1. The van der Waals surface area contributed by atoms with Crippen LogP contribution in [0.15, 0.2) is 18.2 Å². The number of carbonyl (C=O) groups is 1. The predicted octanol–water partition coefficient (Wildman–Crippen LogP) is 4.21. The van der Waals surface area contributed by atoms with E-state index >= 15 is 0 Å². The highest BCUT2D eigenvalue weighted by Crippen LogP contribution is 2.33. The van der Waals surface area contributed by atoms with E-state index in [2.05, 4.69) is 5.32 Å². The van der Waals surface area contributed by atoms with E-state index in [0.717, 1.165) is 16.7 Å². The lowest BCUT2D eigenvalue weighted by atomic mass is 10.1. The number of halogens is 5. The Hall–Kier alpha value is -1.56. The quantitative estimate of drug-likeness (QED) is 0.523. The number of hydrogen-bond acceptors (Lipinski definition) is 3. The summed E-state index contributed by atoms with van der Waals surface area (Å²) in [6.07, 6.45) is -3.97. The third-order valence-corrected chi connectivity index (χ3v) is 4.87. The van der Waals surface area contributed by atoms with E-state index in [-0.39, 0.29) is 26.4 Å². The average Bonchev–Trinajstić information content (AvgIpc) is 2.83. The van der Waals surface area contributed by atoms with Gasteiger partial charge in [-0.15, -0.1) is 0 Å². The van der Waals surface area contributed by atoms with Gasteiger partial charge in [0, 0.05) is 30.7 Å². The molecule has 3 rings (SSSR count). The molecule has 0 unspecified atom stereocenters. The molecule has 5 nitrogen and oxygen atoms in total. The molecule has 1 amide bonds. The molecule has 2 aromatic rings. The van der Waals surface area contributed by atoms with Crippen molar-refractivity contribution in [2.75, 3.05) is 13.2 Å². The van der Waals surface area contributed by atoms with Crippen LogP contribution in [0.3, 0.4) is 0 Å². The summed E-state index contributed by atoms with van der Waals surface area (Å²) >= 11 is 1.73. The molecule has 1 aromatic heterocycles. The molecular formula is C16H15F4IN2O3. The fraction of sp³-hybridized carbons (Fsp3) is 0.438. The summed E-state index contributed by atoms with van der Waals surface area (Å²) in [4.78, 5) is 12.1. The first-order valence-corrected chi connectivity index (χ1v) is 8.92. The third-order valence-electron chi connectivity index (χ3n) is 3.98. The molecule has 0 spiro atoms. The van der Waals surface area contributed by atoms with E-state index in [0.29, 0.717) is 26.1 Å². The van der Waals surface area contributed by atoms with Crippen molar-refractivity contribution in [2.45, 2.75) is 31.6 Å². The van der Waals surface area contributed by atoms with Gasteiger partial charge in [0.2, 0.25) is 0 Å². The molecule has 26 heavy (non-hydrogen) atoms. The Morgan fingerprint density at radius 3 is 2.65 bits per heavy atom. The van der Waals surface area contributed by atoms with E-state index in [4.69, 9.17) is 9.47 Å². The number of aromatic nitrogens is 1. The molecule has 0 bridgehead atoms. The summed E-state index contributed by atoms with van der Waals surface area (Å²) in [5.74, 6) is -0.910. The summed E-state index contributed by atoms with van der Waals surface area (Å²) in [6, 6.07) is 3.29. The number of fused-ring (bicyclic) bond motifs is 1. The van der Waals surface area contributed by atoms with Crippen LogP contribution >= 0.6 is 22.6 Å². The van der Waals surface area contributed by atoms with Crippen LogP contribution in [-0.4, -0.2) is 36.1 Å². The Kier molecular flexibility index (Phi) is 5.61. The number of rotatable bonds is 3. The van der Waals surface area contributed by atoms with Crippen molar-refractivity contribution in [3.63, 3.8) is 0 Å². The smallest absolute Gasteiger partial charge is 0.410 e. The lowest BCUT2D eigenvalue weighted by molar-refractivity contribution is -0.140. The molecule has 1 aromatic carbocycles. The van der Waals surface area contributed by atoms with Gasteiger partial charge in [-0.1, -0.05) is 0 Å². The number of hydrogen-bond donors (Lipinski definition) is 1. The summed E-state index contributed by atoms with van der Waals surface area (Å²) in [5.41, 5.74) is 0.0144. The zero-order valence-corrected chi connectivity index (χ0v) is 15.6. The van der Waals surface area contributed by atoms with Gasteiger partial charge in [0.1, 0.15) is 18.1 Å². The number of ether oxygens (including phenoxy) is 2. The molecule has 1 saturated heterocycles. The van der Waals surface area contributed by atoms with E-state index in [9.17, 15) is 22.4 Å². The highest BCUT2D eigenvalue weighted by Gasteiger charge is 2.30. The van der Waals surface area contributed by atoms with Crippen molar-refractivity contribution >= 4 is 39.6 Å². The summed E-state index contributed by atoms with van der Waals surface area (Å²) in [6.45, 7) is -0.215. The summed E-state index contributed by atoms with van der Waals surface area (Å²) in [5, 5.41) is 2.90. The molecule has 1 N–H and O–H groups in total. The maximum atomic E-state index is 13.9. The van der Waals surface area contributed by atoms with Gasteiger partial charge in [0.05, 0.1) is 9.22 Å². The average molecular weight is 486 g/mol. The zero-order valence-electron chi connectivity index (χ0n) is 13.4. The van der Waals surface area contributed by atoms with E-state index in [1.807, 2.05) is 0 Å². The molecule has 1 fully saturated rings. The fourth-order valence-electron chi connectivity index (χ4n) is 2.82. The van der Waals surface area contributed by atoms with Crippen LogP contribution in [0.4, 0.5) is 22.4 Å². The van der Waals surface area contributed by atoms with Crippen LogP contribution in [0.2, 0.25) is 0 Å². The highest BCUT2D eigenvalue weighted by molar-refractivity contribution is 14.1. The molecule has 0 atom stereocenters. The first kappa shape index (κ1) is 19.2. The Morgan fingerprint density at radius 1 is 1.31 bits per heavy atom. The SMILES string of the molecule is O=C(NC1CCOCC1)Oc1cc(F)cc2c1cc(I)n2CC(F)(F)F. The predicted molar refractivity (Wildman–Crippen MR) is 93.7 cm³/mol. The lowest BCUT2D eigenvalue weighted by Crippen LogP contribution is -2.40. The van der Waals surface area contributed by atoms with Gasteiger partial charge in [0.25, 0.3) is 0 Å². The first-order chi connectivity index (χ1) is 12.2. The maximum absolute atomic E-state index is 13.9. The molecule has 0 aliphatic carbocycles. The fourth-order valence-corrected chi connectivity index (χ4v) is 3.56. The topological polar surface area (TPSA) is 52.5 Å². The van der Waals surface area contributed by atoms with Crippen molar-refractivity contribution in [1.82, 2.24) is 9.88 Å². The van der Waals surface area contributed by atoms with Crippen molar-refractivity contribution in [1.29, 1.82) is 0 Å². The maximum Gasteiger partial charge on any atom is 0.412 e. The van der Waals surface area contributed by atoms with Crippen molar-refractivity contribution < 1.29 is 31.8 Å². The van der Waals surface area contributed by atoms with E-state index in [1.54, 1.807) is 22.6 Å². The van der Waals surface area contributed by atoms with Crippen molar-refractivity contribution in [3.05, 3.63) is 27.7 Å². The Balaban J connectivity index is 1.86. The second kappa shape index (κ2) is 7.59. The second-order valence-corrected chi connectivity index (χ2v) is 7.03. The summed E-state index contributed by atoms with van der Waals surface area (Å²) in [7, 11) is 0. The summed E-state index contributed by atoms with van der Waals surface area (Å²) < 4.78 is 63.8. The largest absolute Gasteiger partial charge is 0.412 e. The monoisotopic (exact) mass is 486 g/mol. The van der Waals surface area contributed by atoms with Gasteiger partial charge in [-0.3, -0.25) is 0 Å². The molecule has 1 aliphatic heterocycles. The van der Waals surface area contributed by atoms with Gasteiger partial charge >= 0.3 is 12.3 Å². The normalized spacial score (nSPS) is 16.0. The van der Waals surface area contributed by atoms with Gasteiger partial charge in [-0.05, 0) is 47.6 Å². The van der Waals surface area contributed by atoms with Gasteiger partial charge in [0.15, 0.2) is 0 Å². The molecular weight excluding hydrogens is 471 g/mol. The minimum atomic E-state index is -4.46. The first-order valence-electron chi connectivity index (χ1n) is 7.84. The van der Waals surface area contributed by atoms with Gasteiger partial charge in [-0.25, -0.2) is 9.18 Å². The minimum absolute atomic E-state index is 0.0144. The Labute approximate surface area is 159 Å². The van der Waals surface area contributed by atoms with E-state index in [1.165, 1.54) is 6.07 Å². The third kappa shape index (κ3) is 4.58. The van der Waals surface area contributed by atoms with Crippen LogP contribution in [0.1, 0.15) is 12.8 Å². The Morgan fingerprint density at radius 2 is 2.00 bits per heavy atom. The van der Waals surface area contributed by atoms with Crippen LogP contribution in [0.5, 0.6) is 5.75 Å². The second-order valence-electron chi connectivity index (χ2n) is 5.93.